The van der Waals surface area contributed by atoms with Gasteiger partial charge in [-0.3, -0.25) is 4.79 Å². The highest BCUT2D eigenvalue weighted by Crippen LogP contribution is 2.28. The Morgan fingerprint density at radius 1 is 1.12 bits per heavy atom. The van der Waals surface area contributed by atoms with Crippen molar-refractivity contribution in [1.82, 2.24) is 5.43 Å². The Kier molecular flexibility index (Phi) is 7.46. The van der Waals surface area contributed by atoms with Crippen molar-refractivity contribution in [2.45, 2.75) is 6.61 Å². The summed E-state index contributed by atoms with van der Waals surface area (Å²) in [5.74, 6) is 0.0791. The van der Waals surface area contributed by atoms with Crippen LogP contribution in [0.4, 0.5) is 4.39 Å². The van der Waals surface area contributed by atoms with Crippen molar-refractivity contribution in [2.75, 3.05) is 0 Å². The van der Waals surface area contributed by atoms with E-state index in [9.17, 15) is 9.18 Å². The van der Waals surface area contributed by atoms with E-state index in [4.69, 9.17) is 9.15 Å². The molecular formula is C23H14BrFI2N2O3. The minimum Gasteiger partial charge on any atom is -0.488 e. The minimum atomic E-state index is -0.441. The fourth-order valence-corrected chi connectivity index (χ4v) is 5.25. The van der Waals surface area contributed by atoms with Gasteiger partial charge < -0.3 is 9.15 Å². The number of carbonyl (C=O) groups is 1. The molecule has 0 aliphatic heterocycles. The topological polar surface area (TPSA) is 63.8 Å². The smallest absolute Gasteiger partial charge is 0.307 e. The van der Waals surface area contributed by atoms with Crippen LogP contribution in [0.3, 0.4) is 0 Å². The Labute approximate surface area is 218 Å². The summed E-state index contributed by atoms with van der Waals surface area (Å²) in [6.07, 6.45) is 1.53. The highest BCUT2D eigenvalue weighted by molar-refractivity contribution is 14.1. The van der Waals surface area contributed by atoms with E-state index < -0.39 is 5.91 Å². The van der Waals surface area contributed by atoms with E-state index in [1.165, 1.54) is 12.3 Å². The van der Waals surface area contributed by atoms with Crippen LogP contribution in [0, 0.1) is 13.0 Å². The van der Waals surface area contributed by atoms with E-state index in [1.54, 1.807) is 36.4 Å². The third-order valence-corrected chi connectivity index (χ3v) is 6.54. The van der Waals surface area contributed by atoms with Crippen molar-refractivity contribution in [3.63, 3.8) is 0 Å². The predicted octanol–water partition coefficient (Wildman–Crippen LogP) is 6.89. The van der Waals surface area contributed by atoms with Gasteiger partial charge in [0.1, 0.15) is 23.8 Å². The van der Waals surface area contributed by atoms with Gasteiger partial charge in [0, 0.05) is 15.4 Å². The summed E-state index contributed by atoms with van der Waals surface area (Å²) in [4.78, 5) is 12.4. The molecule has 162 valence electrons. The van der Waals surface area contributed by atoms with Gasteiger partial charge in [0.05, 0.1) is 13.4 Å². The van der Waals surface area contributed by atoms with Gasteiger partial charge in [-0.25, -0.2) is 9.82 Å². The third kappa shape index (κ3) is 5.49. The first-order chi connectivity index (χ1) is 15.4. The average molecular weight is 719 g/mol. The summed E-state index contributed by atoms with van der Waals surface area (Å²) in [5, 5.41) is 4.85. The Balaban J connectivity index is 1.39. The zero-order chi connectivity index (χ0) is 22.7. The molecule has 0 atom stereocenters. The second kappa shape index (κ2) is 10.3. The maximum Gasteiger partial charge on any atom is 0.307 e. The molecule has 1 heterocycles. The van der Waals surface area contributed by atoms with Gasteiger partial charge in [0.15, 0.2) is 5.76 Å². The number of hydrogen-bond donors (Lipinski definition) is 1. The lowest BCUT2D eigenvalue weighted by molar-refractivity contribution is 0.0929. The lowest BCUT2D eigenvalue weighted by atomic mass is 10.2. The number of nitrogens with one attached hydrogen (secondary N) is 1. The van der Waals surface area contributed by atoms with E-state index in [0.29, 0.717) is 16.9 Å². The molecule has 0 unspecified atom stereocenters. The Morgan fingerprint density at radius 2 is 1.94 bits per heavy atom. The summed E-state index contributed by atoms with van der Waals surface area (Å²) in [5.41, 5.74) is 4.40. The molecule has 9 heteroatoms. The molecule has 3 aromatic carbocycles. The molecule has 0 saturated carbocycles. The molecule has 5 nitrogen and oxygen atoms in total. The van der Waals surface area contributed by atoms with E-state index in [1.807, 2.05) is 18.2 Å². The molecule has 0 aliphatic rings. The van der Waals surface area contributed by atoms with Gasteiger partial charge in [-0.2, -0.15) is 5.10 Å². The molecule has 32 heavy (non-hydrogen) atoms. The Hall–Kier alpha value is -1.99. The second-order valence-corrected chi connectivity index (χ2v) is 9.93. The van der Waals surface area contributed by atoms with E-state index >= 15 is 0 Å². The number of hydrogen-bond acceptors (Lipinski definition) is 4. The molecule has 0 aliphatic carbocycles. The van der Waals surface area contributed by atoms with Crippen LogP contribution in [0.15, 0.2) is 74.7 Å². The molecule has 1 aromatic heterocycles. The van der Waals surface area contributed by atoms with Crippen LogP contribution in [-0.2, 0) is 6.61 Å². The molecule has 0 fully saturated rings. The molecule has 1 amide bonds. The van der Waals surface area contributed by atoms with Crippen molar-refractivity contribution in [2.24, 2.45) is 5.10 Å². The number of rotatable bonds is 6. The van der Waals surface area contributed by atoms with Crippen LogP contribution in [0.25, 0.3) is 11.0 Å². The van der Waals surface area contributed by atoms with Crippen molar-refractivity contribution in [3.8, 4) is 5.75 Å². The first-order valence-electron chi connectivity index (χ1n) is 9.28. The van der Waals surface area contributed by atoms with Gasteiger partial charge in [-0.1, -0.05) is 34.1 Å². The van der Waals surface area contributed by atoms with E-state index in [2.05, 4.69) is 71.6 Å². The van der Waals surface area contributed by atoms with Crippen LogP contribution >= 0.6 is 61.1 Å². The molecule has 1 N–H and O–H groups in total. The molecule has 0 radical (unpaired) electrons. The van der Waals surface area contributed by atoms with Crippen LogP contribution in [0.5, 0.6) is 5.75 Å². The van der Waals surface area contributed by atoms with Gasteiger partial charge in [0.2, 0.25) is 0 Å². The van der Waals surface area contributed by atoms with Crippen molar-refractivity contribution >= 4 is 84.2 Å². The van der Waals surface area contributed by atoms with Gasteiger partial charge in [-0.05, 0) is 93.2 Å². The quantitative estimate of drug-likeness (QED) is 0.134. The summed E-state index contributed by atoms with van der Waals surface area (Å²) < 4.78 is 27.8. The third-order valence-electron chi connectivity index (χ3n) is 4.44. The summed E-state index contributed by atoms with van der Waals surface area (Å²) in [7, 11) is 0. The lowest BCUT2D eigenvalue weighted by Gasteiger charge is -2.09. The lowest BCUT2D eigenvalue weighted by Crippen LogP contribution is -2.16. The molecule has 0 bridgehead atoms. The number of fused-ring (bicyclic) bond motifs is 1. The number of furan rings is 1. The monoisotopic (exact) mass is 718 g/mol. The van der Waals surface area contributed by atoms with Gasteiger partial charge in [0.25, 0.3) is 0 Å². The summed E-state index contributed by atoms with van der Waals surface area (Å²) >= 11 is 7.73. The zero-order valence-electron chi connectivity index (χ0n) is 16.2. The van der Waals surface area contributed by atoms with E-state index in [-0.39, 0.29) is 18.2 Å². The first-order valence-corrected chi connectivity index (χ1v) is 12.2. The highest BCUT2D eigenvalue weighted by Gasteiger charge is 2.14. The number of carbonyl (C=O) groups excluding carboxylic acids is 1. The molecule has 0 saturated heterocycles. The second-order valence-electron chi connectivity index (χ2n) is 6.69. The number of ether oxygens (including phenoxy) is 1. The Bertz CT molecular complexity index is 1340. The standard InChI is InChI=1S/C23H14BrFI2N2O3/c24-16-8-15-9-21(32-22(15)19(27)10-16)23(30)29-28-11-13-5-6-20(18(26)7-13)31-12-14-3-1-2-4-17(14)25/h1-11H,12H2,(H,29,30)/b28-11-. The highest BCUT2D eigenvalue weighted by atomic mass is 127. The van der Waals surface area contributed by atoms with Crippen LogP contribution in [0.2, 0.25) is 0 Å². The van der Waals surface area contributed by atoms with Crippen LogP contribution < -0.4 is 10.2 Å². The number of amides is 1. The summed E-state index contributed by atoms with van der Waals surface area (Å²) in [6, 6.07) is 17.4. The molecule has 0 spiro atoms. The van der Waals surface area contributed by atoms with Crippen LogP contribution in [0.1, 0.15) is 21.7 Å². The van der Waals surface area contributed by atoms with Crippen molar-refractivity contribution < 1.29 is 18.3 Å². The Morgan fingerprint density at radius 3 is 2.72 bits per heavy atom. The fraction of sp³-hybridized carbons (Fsp3) is 0.0435. The number of benzene rings is 3. The van der Waals surface area contributed by atoms with Crippen LogP contribution in [-0.4, -0.2) is 12.1 Å². The molecular weight excluding hydrogens is 705 g/mol. The zero-order valence-corrected chi connectivity index (χ0v) is 22.1. The largest absolute Gasteiger partial charge is 0.488 e. The minimum absolute atomic E-state index is 0.138. The maximum absolute atomic E-state index is 13.7. The molecule has 4 rings (SSSR count). The summed E-state index contributed by atoms with van der Waals surface area (Å²) in [6.45, 7) is 0.138. The SMILES string of the molecule is O=C(N/N=C\c1ccc(OCc2ccccc2F)c(I)c1)c1cc2cc(Br)cc(I)c2o1. The van der Waals surface area contributed by atoms with E-state index in [0.717, 1.165) is 22.6 Å². The van der Waals surface area contributed by atoms with Crippen molar-refractivity contribution in [3.05, 3.63) is 95.0 Å². The number of hydrazone groups is 1. The average Bonchev–Trinajstić information content (AvgIpc) is 3.19. The van der Waals surface area contributed by atoms with Crippen molar-refractivity contribution in [1.29, 1.82) is 0 Å². The van der Waals surface area contributed by atoms with Gasteiger partial charge in [-0.15, -0.1) is 0 Å². The maximum atomic E-state index is 13.7. The number of halogens is 4. The van der Waals surface area contributed by atoms with Gasteiger partial charge >= 0.3 is 5.91 Å². The molecule has 4 aromatic rings. The normalized spacial score (nSPS) is 11.2. The predicted molar refractivity (Wildman–Crippen MR) is 142 cm³/mol. The fourth-order valence-electron chi connectivity index (χ4n) is 2.89. The number of nitrogens with zero attached hydrogens (tertiary/aromatic N) is 1. The first kappa shape index (κ1) is 23.2.